The lowest BCUT2D eigenvalue weighted by Gasteiger charge is -2.35. The fourth-order valence-corrected chi connectivity index (χ4v) is 3.69. The predicted octanol–water partition coefficient (Wildman–Crippen LogP) is 1.19. The number of unbranched alkanes of at least 4 members (excludes halogenated alkanes) is 1. The second-order valence-corrected chi connectivity index (χ2v) is 7.58. The number of nitrogens with zero attached hydrogens (tertiary/aromatic N) is 2. The normalized spacial score (nSPS) is 19.8. The van der Waals surface area contributed by atoms with Gasteiger partial charge in [0.2, 0.25) is 0 Å². The van der Waals surface area contributed by atoms with E-state index < -0.39 is 36.2 Å². The van der Waals surface area contributed by atoms with Gasteiger partial charge in [-0.15, -0.1) is 10.2 Å². The zero-order valence-electron chi connectivity index (χ0n) is 17.9. The number of carbonyl (C=O) groups is 2. The molecule has 4 unspecified atom stereocenters. The van der Waals surface area contributed by atoms with Gasteiger partial charge in [0.25, 0.3) is 5.91 Å². The summed E-state index contributed by atoms with van der Waals surface area (Å²) in [5.41, 5.74) is 1.11. The van der Waals surface area contributed by atoms with Crippen LogP contribution in [0.25, 0.3) is 6.08 Å². The number of rotatable bonds is 8. The average molecular weight is 441 g/mol. The number of carbonyl (C=O) groups excluding carboxylic acids is 2. The Kier molecular flexibility index (Phi) is 7.68. The Morgan fingerprint density at radius 1 is 1.25 bits per heavy atom. The molecule has 0 bridgehead atoms. The van der Waals surface area contributed by atoms with E-state index in [9.17, 15) is 24.9 Å². The van der Waals surface area contributed by atoms with Crippen LogP contribution in [0.1, 0.15) is 63.5 Å². The maximum absolute atomic E-state index is 12.7. The minimum absolute atomic E-state index is 0.0776. The summed E-state index contributed by atoms with van der Waals surface area (Å²) in [7, 11) is 1.21. The number of aromatic nitrogens is 2. The van der Waals surface area contributed by atoms with Crippen molar-refractivity contribution in [2.45, 2.75) is 50.5 Å². The number of nitrogens with one attached hydrogen (secondary N) is 1. The monoisotopic (exact) mass is 441 g/mol. The molecule has 1 aromatic heterocycles. The molecule has 1 aliphatic rings. The van der Waals surface area contributed by atoms with Crippen molar-refractivity contribution in [3.8, 4) is 0 Å². The molecule has 2 heterocycles. The van der Waals surface area contributed by atoms with E-state index in [0.717, 1.165) is 12.0 Å². The molecular formula is C23H27N3O6. The van der Waals surface area contributed by atoms with Gasteiger partial charge in [-0.3, -0.25) is 4.79 Å². The van der Waals surface area contributed by atoms with Crippen molar-refractivity contribution in [1.82, 2.24) is 15.5 Å². The van der Waals surface area contributed by atoms with Crippen LogP contribution in [0.3, 0.4) is 0 Å². The first-order valence-corrected chi connectivity index (χ1v) is 10.4. The molecule has 0 spiro atoms. The molecule has 32 heavy (non-hydrogen) atoms. The molecule has 1 amide bonds. The van der Waals surface area contributed by atoms with Gasteiger partial charge in [0.15, 0.2) is 11.4 Å². The first-order chi connectivity index (χ1) is 15.4. The summed E-state index contributed by atoms with van der Waals surface area (Å²) in [6.45, 7) is 1.96. The van der Waals surface area contributed by atoms with E-state index in [2.05, 4.69) is 15.5 Å². The highest BCUT2D eigenvalue weighted by Gasteiger charge is 2.42. The van der Waals surface area contributed by atoms with Crippen molar-refractivity contribution in [3.63, 3.8) is 0 Å². The van der Waals surface area contributed by atoms with E-state index in [1.807, 2.05) is 37.3 Å². The molecule has 9 nitrogen and oxygen atoms in total. The number of aliphatic hydroxyl groups is 3. The smallest absolute Gasteiger partial charge is 0.358 e. The molecule has 0 saturated carbocycles. The molecular weight excluding hydrogens is 414 g/mol. The van der Waals surface area contributed by atoms with E-state index in [-0.39, 0.29) is 17.0 Å². The third-order valence-electron chi connectivity index (χ3n) is 5.43. The minimum Gasteiger partial charge on any atom is -0.464 e. The van der Waals surface area contributed by atoms with Crippen LogP contribution < -0.4 is 5.32 Å². The fourth-order valence-electron chi connectivity index (χ4n) is 3.69. The van der Waals surface area contributed by atoms with Crippen molar-refractivity contribution >= 4 is 18.0 Å². The van der Waals surface area contributed by atoms with Crippen molar-refractivity contribution < 1.29 is 29.6 Å². The van der Waals surface area contributed by atoms with Gasteiger partial charge in [-0.1, -0.05) is 55.8 Å². The van der Waals surface area contributed by atoms with E-state index >= 15 is 0 Å². The van der Waals surface area contributed by atoms with Gasteiger partial charge in [-0.2, -0.15) is 0 Å². The summed E-state index contributed by atoms with van der Waals surface area (Å²) in [6, 6.07) is 7.97. The topological polar surface area (TPSA) is 142 Å². The molecule has 4 N–H and O–H groups in total. The Balaban J connectivity index is 1.94. The molecule has 1 aromatic carbocycles. The lowest BCUT2D eigenvalue weighted by atomic mass is 9.85. The highest BCUT2D eigenvalue weighted by atomic mass is 16.5. The van der Waals surface area contributed by atoms with Crippen LogP contribution >= 0.6 is 0 Å². The number of hydrogen-bond acceptors (Lipinski definition) is 8. The Morgan fingerprint density at radius 2 is 1.97 bits per heavy atom. The molecule has 4 atom stereocenters. The van der Waals surface area contributed by atoms with Crippen LogP contribution in [0.2, 0.25) is 0 Å². The van der Waals surface area contributed by atoms with Crippen molar-refractivity contribution in [2.75, 3.05) is 7.11 Å². The summed E-state index contributed by atoms with van der Waals surface area (Å²) >= 11 is 0. The van der Waals surface area contributed by atoms with Crippen LogP contribution in [0.4, 0.5) is 0 Å². The maximum atomic E-state index is 12.7. The first-order valence-electron chi connectivity index (χ1n) is 10.4. The van der Waals surface area contributed by atoms with E-state index in [1.165, 1.54) is 13.2 Å². The summed E-state index contributed by atoms with van der Waals surface area (Å²) in [6.07, 6.45) is 0.553. The average Bonchev–Trinajstić information content (AvgIpc) is 2.82. The van der Waals surface area contributed by atoms with Crippen LogP contribution in [0.5, 0.6) is 0 Å². The molecule has 2 aromatic rings. The SMILES string of the molecule is CCCCc1c(C(=O)OC)nnc2c1C(O)C(C(O)C(O)C=Cc1ccccc1)NC2=O. The Hall–Kier alpha value is -3.14. The van der Waals surface area contributed by atoms with Gasteiger partial charge in [0.1, 0.15) is 18.3 Å². The van der Waals surface area contributed by atoms with E-state index in [0.29, 0.717) is 18.4 Å². The molecule has 0 saturated heterocycles. The van der Waals surface area contributed by atoms with Gasteiger partial charge < -0.3 is 25.4 Å². The van der Waals surface area contributed by atoms with Gasteiger partial charge in [0.05, 0.1) is 13.2 Å². The summed E-state index contributed by atoms with van der Waals surface area (Å²) in [5.74, 6) is -1.39. The lowest BCUT2D eigenvalue weighted by Crippen LogP contribution is -2.55. The Morgan fingerprint density at radius 3 is 2.62 bits per heavy atom. The van der Waals surface area contributed by atoms with Crippen molar-refractivity contribution in [1.29, 1.82) is 0 Å². The third kappa shape index (κ3) is 4.85. The lowest BCUT2D eigenvalue weighted by molar-refractivity contribution is -0.0226. The van der Waals surface area contributed by atoms with Crippen LogP contribution in [-0.4, -0.2) is 62.8 Å². The van der Waals surface area contributed by atoms with Crippen LogP contribution in [0.15, 0.2) is 36.4 Å². The van der Waals surface area contributed by atoms with Crippen molar-refractivity contribution in [2.24, 2.45) is 0 Å². The number of esters is 1. The van der Waals surface area contributed by atoms with Gasteiger partial charge in [-0.05, 0) is 24.0 Å². The predicted molar refractivity (Wildman–Crippen MR) is 116 cm³/mol. The number of fused-ring (bicyclic) bond motifs is 1. The molecule has 0 aliphatic carbocycles. The Bertz CT molecular complexity index is 995. The van der Waals surface area contributed by atoms with Gasteiger partial charge >= 0.3 is 5.97 Å². The summed E-state index contributed by atoms with van der Waals surface area (Å²) in [5, 5.41) is 42.4. The minimum atomic E-state index is -1.52. The number of amides is 1. The number of ether oxygens (including phenoxy) is 1. The molecule has 0 radical (unpaired) electrons. The number of hydrogen-bond donors (Lipinski definition) is 4. The summed E-state index contributed by atoms with van der Waals surface area (Å²) < 4.78 is 4.77. The second kappa shape index (κ2) is 10.4. The third-order valence-corrected chi connectivity index (χ3v) is 5.43. The molecule has 0 fully saturated rings. The quantitative estimate of drug-likeness (QED) is 0.448. The zero-order chi connectivity index (χ0) is 23.3. The summed E-state index contributed by atoms with van der Waals surface area (Å²) in [4.78, 5) is 24.9. The molecule has 3 rings (SSSR count). The van der Waals surface area contributed by atoms with Gasteiger partial charge in [0, 0.05) is 5.56 Å². The zero-order valence-corrected chi connectivity index (χ0v) is 17.9. The van der Waals surface area contributed by atoms with Gasteiger partial charge in [-0.25, -0.2) is 4.79 Å². The largest absolute Gasteiger partial charge is 0.464 e. The maximum Gasteiger partial charge on any atom is 0.358 e. The number of methoxy groups -OCH3 is 1. The highest BCUT2D eigenvalue weighted by Crippen LogP contribution is 2.32. The molecule has 170 valence electrons. The second-order valence-electron chi connectivity index (χ2n) is 7.58. The molecule has 1 aliphatic heterocycles. The number of aliphatic hydroxyl groups excluding tert-OH is 3. The van der Waals surface area contributed by atoms with E-state index in [1.54, 1.807) is 6.08 Å². The standard InChI is InChI=1S/C23H27N3O6/c1-3-4-10-14-16-18(26-25-17(14)23(31)32-2)22(30)24-19(21(16)29)20(28)15(27)12-11-13-8-6-5-7-9-13/h5-9,11-12,15,19-21,27-29H,3-4,10H2,1-2H3,(H,24,30). The van der Waals surface area contributed by atoms with Crippen LogP contribution in [0, 0.1) is 0 Å². The highest BCUT2D eigenvalue weighted by molar-refractivity contribution is 5.97. The molecule has 9 heteroatoms. The Labute approximate surface area is 185 Å². The number of benzene rings is 1. The van der Waals surface area contributed by atoms with Crippen LogP contribution in [-0.2, 0) is 11.2 Å². The first kappa shape index (κ1) is 23.5. The van der Waals surface area contributed by atoms with E-state index in [4.69, 9.17) is 4.74 Å². The fraction of sp³-hybridized carbons (Fsp3) is 0.391. The van der Waals surface area contributed by atoms with Crippen molar-refractivity contribution in [3.05, 3.63) is 64.5 Å².